The van der Waals surface area contributed by atoms with Crippen molar-refractivity contribution >= 4 is 49.9 Å². The van der Waals surface area contributed by atoms with E-state index >= 15 is 0 Å². The van der Waals surface area contributed by atoms with E-state index in [2.05, 4.69) is 37.2 Å². The first-order valence-corrected chi connectivity index (χ1v) is 13.3. The zero-order valence-corrected chi connectivity index (χ0v) is 23.9. The monoisotopic (exact) mass is 606 g/mol. The Morgan fingerprint density at radius 3 is 1.85 bits per heavy atom. The van der Waals surface area contributed by atoms with Gasteiger partial charge in [-0.05, 0) is 53.7 Å². The van der Waals surface area contributed by atoms with Crippen molar-refractivity contribution in [3.8, 4) is 5.75 Å². The van der Waals surface area contributed by atoms with Crippen LogP contribution in [0.4, 0.5) is 4.79 Å². The maximum absolute atomic E-state index is 13.2. The van der Waals surface area contributed by atoms with Gasteiger partial charge >= 0.3 is 18.0 Å². The van der Waals surface area contributed by atoms with Crippen LogP contribution in [0.15, 0.2) is 30.3 Å². The SMILES string of the molecule is CC(C)(C)OC(=O)C(C[C@H](NC(=O)Oc1ccccc1)C(=O)OC(C)(C)C)N(CCBr)CCBr. The molecule has 0 saturated carbocycles. The van der Waals surface area contributed by atoms with Crippen molar-refractivity contribution in [2.75, 3.05) is 23.7 Å². The first-order chi connectivity index (χ1) is 15.8. The molecule has 0 heterocycles. The fraction of sp³-hybridized carbons (Fsp3) is 0.625. The lowest BCUT2D eigenvalue weighted by Crippen LogP contribution is -2.53. The van der Waals surface area contributed by atoms with Gasteiger partial charge in [0.1, 0.15) is 29.0 Å². The smallest absolute Gasteiger partial charge is 0.413 e. The van der Waals surface area contributed by atoms with Crippen molar-refractivity contribution in [1.82, 2.24) is 10.2 Å². The Hall–Kier alpha value is -1.65. The molecule has 2 atom stereocenters. The largest absolute Gasteiger partial charge is 0.459 e. The molecule has 0 spiro atoms. The van der Waals surface area contributed by atoms with E-state index in [9.17, 15) is 14.4 Å². The van der Waals surface area contributed by atoms with E-state index in [1.165, 1.54) is 0 Å². The van der Waals surface area contributed by atoms with E-state index < -0.39 is 41.3 Å². The molecule has 0 saturated heterocycles. The van der Waals surface area contributed by atoms with Crippen LogP contribution in [-0.2, 0) is 19.1 Å². The number of rotatable bonds is 11. The van der Waals surface area contributed by atoms with Crippen LogP contribution in [0.2, 0.25) is 0 Å². The number of nitrogens with one attached hydrogen (secondary N) is 1. The minimum absolute atomic E-state index is 0.0479. The zero-order valence-electron chi connectivity index (χ0n) is 20.7. The van der Waals surface area contributed by atoms with Gasteiger partial charge in [-0.1, -0.05) is 50.1 Å². The lowest BCUT2D eigenvalue weighted by atomic mass is 10.0. The summed E-state index contributed by atoms with van der Waals surface area (Å²) >= 11 is 6.84. The molecule has 0 radical (unpaired) electrons. The van der Waals surface area contributed by atoms with Crippen molar-refractivity contribution < 1.29 is 28.6 Å². The summed E-state index contributed by atoms with van der Waals surface area (Å²) in [4.78, 5) is 40.7. The summed E-state index contributed by atoms with van der Waals surface area (Å²) in [7, 11) is 0. The molecule has 0 bridgehead atoms. The molecule has 0 aliphatic heterocycles. The summed E-state index contributed by atoms with van der Waals surface area (Å²) in [5.74, 6) is -0.822. The average Bonchev–Trinajstić information content (AvgIpc) is 2.69. The summed E-state index contributed by atoms with van der Waals surface area (Å²) in [6.07, 6.45) is -0.870. The van der Waals surface area contributed by atoms with Crippen LogP contribution >= 0.6 is 31.9 Å². The molecule has 10 heteroatoms. The van der Waals surface area contributed by atoms with Crippen molar-refractivity contribution in [3.63, 3.8) is 0 Å². The Balaban J connectivity index is 3.22. The third-order valence-electron chi connectivity index (χ3n) is 4.26. The number of alkyl halides is 2. The van der Waals surface area contributed by atoms with E-state index in [-0.39, 0.29) is 6.42 Å². The molecule has 1 amide bonds. The molecule has 8 nitrogen and oxygen atoms in total. The molecule has 1 aromatic rings. The van der Waals surface area contributed by atoms with Gasteiger partial charge in [-0.25, -0.2) is 9.59 Å². The minimum Gasteiger partial charge on any atom is -0.459 e. The third-order valence-corrected chi connectivity index (χ3v) is 4.97. The molecule has 34 heavy (non-hydrogen) atoms. The predicted molar refractivity (Wildman–Crippen MR) is 139 cm³/mol. The van der Waals surface area contributed by atoms with E-state index in [1.807, 2.05) is 4.90 Å². The number of ether oxygens (including phenoxy) is 3. The molecule has 0 aliphatic rings. The van der Waals surface area contributed by atoms with E-state index in [0.29, 0.717) is 29.5 Å². The number of amides is 1. The number of carbonyl (C=O) groups excluding carboxylic acids is 3. The predicted octanol–water partition coefficient (Wildman–Crippen LogP) is 4.68. The Kier molecular flexibility index (Phi) is 12.5. The van der Waals surface area contributed by atoms with Crippen LogP contribution in [0, 0.1) is 0 Å². The summed E-state index contributed by atoms with van der Waals surface area (Å²) in [6.45, 7) is 11.6. The van der Waals surface area contributed by atoms with Crippen molar-refractivity contribution in [3.05, 3.63) is 30.3 Å². The average molecular weight is 608 g/mol. The van der Waals surface area contributed by atoms with Crippen LogP contribution in [0.3, 0.4) is 0 Å². The van der Waals surface area contributed by atoms with Gasteiger partial charge in [0.2, 0.25) is 0 Å². The highest BCUT2D eigenvalue weighted by Crippen LogP contribution is 2.19. The Bertz CT molecular complexity index is 787. The molecule has 0 aromatic heterocycles. The second kappa shape index (κ2) is 14.0. The molecule has 1 aromatic carbocycles. The Labute approximate surface area is 219 Å². The van der Waals surface area contributed by atoms with Gasteiger partial charge in [0, 0.05) is 30.2 Å². The summed E-state index contributed by atoms with van der Waals surface area (Å²) < 4.78 is 16.5. The third kappa shape index (κ3) is 12.2. The highest BCUT2D eigenvalue weighted by molar-refractivity contribution is 9.09. The maximum atomic E-state index is 13.2. The molecular weight excluding hydrogens is 572 g/mol. The lowest BCUT2D eigenvalue weighted by molar-refractivity contribution is -0.163. The molecule has 1 unspecified atom stereocenters. The standard InChI is InChI=1S/C24H36Br2N2O6/c1-23(2,3)33-20(29)18(27-22(31)32-17-10-8-7-9-11-17)16-19(21(30)34-24(4,5)6)28(14-12-25)15-13-26/h7-11,18-19H,12-16H2,1-6H3,(H,27,31)/t18-,19?/m0/s1. The number of halogens is 2. The molecule has 1 N–H and O–H groups in total. The van der Waals surface area contributed by atoms with Gasteiger partial charge in [-0.15, -0.1) is 0 Å². The fourth-order valence-electron chi connectivity index (χ4n) is 2.98. The van der Waals surface area contributed by atoms with Gasteiger partial charge in [-0.3, -0.25) is 9.69 Å². The zero-order chi connectivity index (χ0) is 25.9. The van der Waals surface area contributed by atoms with E-state index in [1.54, 1.807) is 71.9 Å². The molecular formula is C24H36Br2N2O6. The number of esters is 2. The van der Waals surface area contributed by atoms with Crippen LogP contribution in [0.1, 0.15) is 48.0 Å². The van der Waals surface area contributed by atoms with Crippen molar-refractivity contribution in [2.45, 2.75) is 71.2 Å². The van der Waals surface area contributed by atoms with Gasteiger partial charge in [0.05, 0.1) is 0 Å². The second-order valence-corrected chi connectivity index (χ2v) is 11.2. The van der Waals surface area contributed by atoms with Crippen LogP contribution < -0.4 is 10.1 Å². The fourth-order valence-corrected chi connectivity index (χ4v) is 3.89. The number of hydrogen-bond donors (Lipinski definition) is 1. The molecule has 1 rings (SSSR count). The van der Waals surface area contributed by atoms with Crippen LogP contribution in [0.25, 0.3) is 0 Å². The van der Waals surface area contributed by atoms with Gasteiger partial charge in [-0.2, -0.15) is 0 Å². The quantitative estimate of drug-likeness (QED) is 0.288. The molecule has 192 valence electrons. The summed E-state index contributed by atoms with van der Waals surface area (Å²) in [5, 5.41) is 3.80. The highest BCUT2D eigenvalue weighted by Gasteiger charge is 2.37. The van der Waals surface area contributed by atoms with Gasteiger partial charge < -0.3 is 19.5 Å². The van der Waals surface area contributed by atoms with Crippen molar-refractivity contribution in [2.24, 2.45) is 0 Å². The van der Waals surface area contributed by atoms with Gasteiger partial charge in [0.25, 0.3) is 0 Å². The number of nitrogens with zero attached hydrogens (tertiary/aromatic N) is 1. The second-order valence-electron chi connectivity index (χ2n) is 9.63. The van der Waals surface area contributed by atoms with E-state index in [0.717, 1.165) is 0 Å². The highest BCUT2D eigenvalue weighted by atomic mass is 79.9. The lowest BCUT2D eigenvalue weighted by Gasteiger charge is -2.34. The Morgan fingerprint density at radius 1 is 0.882 bits per heavy atom. The number of hydrogen-bond acceptors (Lipinski definition) is 7. The number of benzene rings is 1. The Morgan fingerprint density at radius 2 is 1.38 bits per heavy atom. The summed E-state index contributed by atoms with van der Waals surface area (Å²) in [5.41, 5.74) is -1.50. The first-order valence-electron chi connectivity index (χ1n) is 11.1. The van der Waals surface area contributed by atoms with E-state index in [4.69, 9.17) is 14.2 Å². The summed E-state index contributed by atoms with van der Waals surface area (Å²) in [6, 6.07) is 6.56. The number of para-hydroxylation sites is 1. The molecule has 0 fully saturated rings. The van der Waals surface area contributed by atoms with Crippen LogP contribution in [0.5, 0.6) is 5.75 Å². The van der Waals surface area contributed by atoms with Crippen molar-refractivity contribution in [1.29, 1.82) is 0 Å². The topological polar surface area (TPSA) is 94.2 Å². The maximum Gasteiger partial charge on any atom is 0.413 e. The molecule has 0 aliphatic carbocycles. The normalized spacial score (nSPS) is 13.7. The minimum atomic E-state index is -1.14. The first kappa shape index (κ1) is 30.4. The van der Waals surface area contributed by atoms with Crippen LogP contribution in [-0.4, -0.2) is 70.0 Å². The number of carbonyl (C=O) groups is 3. The van der Waals surface area contributed by atoms with Gasteiger partial charge in [0.15, 0.2) is 0 Å².